The van der Waals surface area contributed by atoms with Crippen molar-refractivity contribution in [1.82, 2.24) is 10.2 Å². The summed E-state index contributed by atoms with van der Waals surface area (Å²) in [6, 6.07) is 31.6. The van der Waals surface area contributed by atoms with E-state index in [2.05, 4.69) is 17.4 Å². The Morgan fingerprint density at radius 2 is 1.66 bits per heavy atom. The lowest BCUT2D eigenvalue weighted by molar-refractivity contribution is -0.128. The van der Waals surface area contributed by atoms with Crippen LogP contribution < -0.4 is 10.1 Å². The van der Waals surface area contributed by atoms with E-state index in [1.165, 1.54) is 5.39 Å². The van der Waals surface area contributed by atoms with Gasteiger partial charge in [0.2, 0.25) is 5.91 Å². The first-order valence-electron chi connectivity index (χ1n) is 11.6. The molecule has 4 aromatic carbocycles. The number of hydrogen-bond acceptors (Lipinski definition) is 4. The zero-order valence-corrected chi connectivity index (χ0v) is 20.0. The van der Waals surface area contributed by atoms with Gasteiger partial charge in [0.15, 0.2) is 0 Å². The van der Waals surface area contributed by atoms with Crippen LogP contribution in [0.2, 0.25) is 0 Å². The summed E-state index contributed by atoms with van der Waals surface area (Å²) in [6.07, 6.45) is 0. The van der Waals surface area contributed by atoms with E-state index in [1.54, 1.807) is 11.8 Å². The second kappa shape index (κ2) is 10.7. The summed E-state index contributed by atoms with van der Waals surface area (Å²) >= 11 is 1.62. The Kier molecular flexibility index (Phi) is 7.00. The molecule has 1 atom stereocenters. The van der Waals surface area contributed by atoms with Crippen LogP contribution in [-0.2, 0) is 11.3 Å². The zero-order chi connectivity index (χ0) is 24.0. The lowest BCUT2D eigenvalue weighted by Crippen LogP contribution is -2.28. The van der Waals surface area contributed by atoms with Crippen molar-refractivity contribution in [2.45, 2.75) is 11.9 Å². The van der Waals surface area contributed by atoms with Gasteiger partial charge < -0.3 is 15.0 Å². The van der Waals surface area contributed by atoms with Crippen LogP contribution in [0.4, 0.5) is 0 Å². The van der Waals surface area contributed by atoms with Crippen molar-refractivity contribution < 1.29 is 14.3 Å². The van der Waals surface area contributed by atoms with Gasteiger partial charge in [-0.25, -0.2) is 0 Å². The topological polar surface area (TPSA) is 58.6 Å². The molecule has 6 heteroatoms. The summed E-state index contributed by atoms with van der Waals surface area (Å²) in [5.41, 5.74) is 2.71. The maximum absolute atomic E-state index is 12.6. The quantitative estimate of drug-likeness (QED) is 0.341. The number of nitrogens with one attached hydrogen (secondary N) is 1. The molecule has 1 fully saturated rings. The highest BCUT2D eigenvalue weighted by Gasteiger charge is 2.32. The van der Waals surface area contributed by atoms with Gasteiger partial charge in [-0.3, -0.25) is 9.59 Å². The molecule has 4 aromatic rings. The molecular weight excluding hydrogens is 456 g/mol. The first kappa shape index (κ1) is 23.0. The van der Waals surface area contributed by atoms with Crippen molar-refractivity contribution in [3.05, 3.63) is 114 Å². The van der Waals surface area contributed by atoms with E-state index in [0.717, 1.165) is 22.3 Å². The van der Waals surface area contributed by atoms with Gasteiger partial charge in [-0.1, -0.05) is 72.8 Å². The summed E-state index contributed by atoms with van der Waals surface area (Å²) < 4.78 is 5.80. The Morgan fingerprint density at radius 1 is 0.914 bits per heavy atom. The summed E-state index contributed by atoms with van der Waals surface area (Å²) in [5, 5.41) is 5.15. The number of thioether (sulfide) groups is 1. The smallest absolute Gasteiger partial charge is 0.251 e. The minimum absolute atomic E-state index is 0.0461. The van der Waals surface area contributed by atoms with Crippen LogP contribution in [0.5, 0.6) is 5.75 Å². The second-order valence-electron chi connectivity index (χ2n) is 8.41. The fourth-order valence-electron chi connectivity index (χ4n) is 4.17. The van der Waals surface area contributed by atoms with Crippen molar-refractivity contribution in [3.8, 4) is 5.75 Å². The minimum Gasteiger partial charge on any atom is -0.492 e. The van der Waals surface area contributed by atoms with E-state index in [1.807, 2.05) is 89.8 Å². The predicted molar refractivity (Wildman–Crippen MR) is 140 cm³/mol. The first-order chi connectivity index (χ1) is 17.2. The van der Waals surface area contributed by atoms with Crippen molar-refractivity contribution in [2.24, 2.45) is 0 Å². The molecule has 5 rings (SSSR count). The van der Waals surface area contributed by atoms with Crippen LogP contribution in [0, 0.1) is 0 Å². The van der Waals surface area contributed by atoms with Crippen molar-refractivity contribution in [1.29, 1.82) is 0 Å². The van der Waals surface area contributed by atoms with Crippen molar-refractivity contribution >= 4 is 34.3 Å². The Hall–Kier alpha value is -3.77. The number of amides is 2. The number of benzene rings is 4. The summed E-state index contributed by atoms with van der Waals surface area (Å²) in [7, 11) is 0. The van der Waals surface area contributed by atoms with Crippen LogP contribution in [0.25, 0.3) is 10.8 Å². The molecule has 0 bridgehead atoms. The molecule has 0 unspecified atom stereocenters. The van der Waals surface area contributed by atoms with Gasteiger partial charge in [0, 0.05) is 12.1 Å². The number of carbonyl (C=O) groups is 2. The molecule has 0 spiro atoms. The summed E-state index contributed by atoms with van der Waals surface area (Å²) in [4.78, 5) is 27.0. The largest absolute Gasteiger partial charge is 0.492 e. The number of carbonyl (C=O) groups excluding carboxylic acids is 2. The maximum Gasteiger partial charge on any atom is 0.251 e. The molecule has 1 aliphatic rings. The molecule has 35 heavy (non-hydrogen) atoms. The molecule has 1 aliphatic heterocycles. The van der Waals surface area contributed by atoms with Gasteiger partial charge in [-0.2, -0.15) is 0 Å². The third-order valence-electron chi connectivity index (χ3n) is 6.00. The third kappa shape index (κ3) is 5.49. The second-order valence-corrected chi connectivity index (χ2v) is 9.47. The van der Waals surface area contributed by atoms with Crippen LogP contribution in [0.3, 0.4) is 0 Å². The monoisotopic (exact) mass is 482 g/mol. The van der Waals surface area contributed by atoms with Crippen molar-refractivity contribution in [3.63, 3.8) is 0 Å². The van der Waals surface area contributed by atoms with E-state index < -0.39 is 0 Å². The number of hydrogen-bond donors (Lipinski definition) is 1. The van der Waals surface area contributed by atoms with Crippen LogP contribution >= 0.6 is 11.8 Å². The highest BCUT2D eigenvalue weighted by atomic mass is 32.2. The molecule has 0 radical (unpaired) electrons. The molecule has 0 aromatic heterocycles. The number of rotatable bonds is 8. The Bertz CT molecular complexity index is 1320. The van der Waals surface area contributed by atoms with Gasteiger partial charge in [-0.05, 0) is 46.2 Å². The van der Waals surface area contributed by atoms with E-state index in [9.17, 15) is 9.59 Å². The van der Waals surface area contributed by atoms with Gasteiger partial charge in [0.25, 0.3) is 5.91 Å². The number of ether oxygens (including phenoxy) is 1. The van der Waals surface area contributed by atoms with Gasteiger partial charge in [0.1, 0.15) is 17.7 Å². The molecule has 5 nitrogen and oxygen atoms in total. The molecule has 176 valence electrons. The van der Waals surface area contributed by atoms with Gasteiger partial charge >= 0.3 is 0 Å². The highest BCUT2D eigenvalue weighted by Crippen LogP contribution is 2.39. The molecular formula is C29H26N2O3S. The SMILES string of the molecule is O=C(NCCOc1ccc2ccccc2c1)c1ccc([C@H]2SCC(=O)N2Cc2ccccc2)cc1. The van der Waals surface area contributed by atoms with Gasteiger partial charge in [0.05, 0.1) is 12.3 Å². The van der Waals surface area contributed by atoms with E-state index >= 15 is 0 Å². The predicted octanol–water partition coefficient (Wildman–Crippen LogP) is 5.42. The standard InChI is InChI=1S/C29H26N2O3S/c32-27-20-35-29(31(27)19-21-6-2-1-3-7-21)24-12-10-23(11-13-24)28(33)30-16-17-34-26-15-14-22-8-4-5-9-25(22)18-26/h1-15,18,29H,16-17,19-20H2,(H,30,33)/t29-/m1/s1. The molecule has 2 amide bonds. The normalized spacial score (nSPS) is 15.4. The average molecular weight is 483 g/mol. The lowest BCUT2D eigenvalue weighted by Gasteiger charge is -2.24. The fourth-order valence-corrected chi connectivity index (χ4v) is 5.36. The third-order valence-corrected chi connectivity index (χ3v) is 7.26. The Labute approximate surface area is 209 Å². The molecule has 1 saturated heterocycles. The first-order valence-corrected chi connectivity index (χ1v) is 12.7. The molecule has 1 heterocycles. The van der Waals surface area contributed by atoms with E-state index in [-0.39, 0.29) is 17.2 Å². The Balaban J connectivity index is 1.14. The lowest BCUT2D eigenvalue weighted by atomic mass is 10.1. The fraction of sp³-hybridized carbons (Fsp3) is 0.172. The Morgan fingerprint density at radius 3 is 2.46 bits per heavy atom. The van der Waals surface area contributed by atoms with Gasteiger partial charge in [-0.15, -0.1) is 11.8 Å². The molecule has 1 N–H and O–H groups in total. The average Bonchev–Trinajstić information content (AvgIpc) is 3.26. The van der Waals surface area contributed by atoms with Crippen LogP contribution in [0.1, 0.15) is 26.9 Å². The molecule has 0 saturated carbocycles. The van der Waals surface area contributed by atoms with Crippen molar-refractivity contribution in [2.75, 3.05) is 18.9 Å². The zero-order valence-electron chi connectivity index (χ0n) is 19.2. The molecule has 0 aliphatic carbocycles. The highest BCUT2D eigenvalue weighted by molar-refractivity contribution is 8.00. The van der Waals surface area contributed by atoms with Crippen LogP contribution in [-0.4, -0.2) is 35.6 Å². The maximum atomic E-state index is 12.6. The van der Waals surface area contributed by atoms with E-state index in [0.29, 0.717) is 31.0 Å². The summed E-state index contributed by atoms with van der Waals surface area (Å²) in [6.45, 7) is 1.37. The minimum atomic E-state index is -0.144. The summed E-state index contributed by atoms with van der Waals surface area (Å²) in [5.74, 6) is 1.25. The number of fused-ring (bicyclic) bond motifs is 1. The van der Waals surface area contributed by atoms with E-state index in [4.69, 9.17) is 4.74 Å². The number of nitrogens with zero attached hydrogens (tertiary/aromatic N) is 1. The van der Waals surface area contributed by atoms with Crippen LogP contribution in [0.15, 0.2) is 97.1 Å².